The van der Waals surface area contributed by atoms with E-state index in [1.54, 1.807) is 0 Å². The number of allylic oxidation sites excluding steroid dienone is 2. The Hall–Kier alpha value is -0.400. The molecule has 0 fully saturated rings. The molecule has 2 heteroatoms. The lowest BCUT2D eigenvalue weighted by molar-refractivity contribution is 0.135. The highest BCUT2D eigenvalue weighted by Gasteiger charge is 1.98. The van der Waals surface area contributed by atoms with Gasteiger partial charge in [0.15, 0.2) is 0 Å². The van der Waals surface area contributed by atoms with Crippen LogP contribution in [0.2, 0.25) is 0 Å². The second-order valence-corrected chi connectivity index (χ2v) is 2.20. The molecule has 0 unspecified atom stereocenters. The van der Waals surface area contributed by atoms with Gasteiger partial charge >= 0.3 is 0 Å². The summed E-state index contributed by atoms with van der Waals surface area (Å²) in [6.45, 7) is 2.03. The minimum absolute atomic E-state index is 0.0358. The van der Waals surface area contributed by atoms with Crippen molar-refractivity contribution in [2.24, 2.45) is 0 Å². The summed E-state index contributed by atoms with van der Waals surface area (Å²) in [6, 6.07) is 0. The SMILES string of the molecule is CC/C=C\CCCC(F)F. The number of rotatable bonds is 5. The van der Waals surface area contributed by atoms with Crippen molar-refractivity contribution < 1.29 is 8.78 Å². The summed E-state index contributed by atoms with van der Waals surface area (Å²) in [4.78, 5) is 0. The largest absolute Gasteiger partial charge is 0.238 e. The molecule has 0 heterocycles. The molecule has 0 atom stereocenters. The van der Waals surface area contributed by atoms with Crippen molar-refractivity contribution in [3.63, 3.8) is 0 Å². The number of halogens is 2. The summed E-state index contributed by atoms with van der Waals surface area (Å²) in [7, 11) is 0. The van der Waals surface area contributed by atoms with E-state index in [9.17, 15) is 8.78 Å². The lowest BCUT2D eigenvalue weighted by atomic mass is 10.2. The van der Waals surface area contributed by atoms with Crippen LogP contribution in [-0.4, -0.2) is 6.43 Å². The van der Waals surface area contributed by atoms with Crippen molar-refractivity contribution in [2.45, 2.75) is 39.0 Å². The van der Waals surface area contributed by atoms with Gasteiger partial charge in [-0.1, -0.05) is 19.1 Å². The minimum atomic E-state index is -2.13. The van der Waals surface area contributed by atoms with Gasteiger partial charge in [0, 0.05) is 6.42 Å². The van der Waals surface area contributed by atoms with Crippen molar-refractivity contribution in [1.29, 1.82) is 0 Å². The third-order valence-corrected chi connectivity index (χ3v) is 1.20. The van der Waals surface area contributed by atoms with Crippen LogP contribution in [0, 0.1) is 0 Å². The highest BCUT2D eigenvalue weighted by Crippen LogP contribution is 2.05. The first kappa shape index (κ1) is 9.60. The normalized spacial score (nSPS) is 11.6. The number of unbranched alkanes of at least 4 members (excludes halogenated alkanes) is 1. The first-order chi connectivity index (χ1) is 4.77. The van der Waals surface area contributed by atoms with Gasteiger partial charge in [0.1, 0.15) is 0 Å². The van der Waals surface area contributed by atoms with Crippen molar-refractivity contribution >= 4 is 0 Å². The third-order valence-electron chi connectivity index (χ3n) is 1.20. The van der Waals surface area contributed by atoms with E-state index in [0.717, 1.165) is 12.8 Å². The Bertz CT molecular complexity index is 87.3. The second kappa shape index (κ2) is 6.72. The van der Waals surface area contributed by atoms with Gasteiger partial charge in [-0.25, -0.2) is 8.78 Å². The molecule has 0 amide bonds. The molecule has 60 valence electrons. The molecule has 0 aliphatic carbocycles. The Morgan fingerprint density at radius 3 is 2.50 bits per heavy atom. The van der Waals surface area contributed by atoms with Crippen molar-refractivity contribution in [3.05, 3.63) is 12.2 Å². The molecular weight excluding hydrogens is 134 g/mol. The van der Waals surface area contributed by atoms with Gasteiger partial charge < -0.3 is 0 Å². The quantitative estimate of drug-likeness (QED) is 0.414. The average molecular weight is 148 g/mol. The molecule has 0 aliphatic heterocycles. The van der Waals surface area contributed by atoms with E-state index in [-0.39, 0.29) is 6.42 Å². The van der Waals surface area contributed by atoms with E-state index >= 15 is 0 Å². The lowest BCUT2D eigenvalue weighted by Gasteiger charge is -1.93. The Kier molecular flexibility index (Phi) is 6.45. The number of hydrogen-bond acceptors (Lipinski definition) is 0. The Morgan fingerprint density at radius 2 is 2.00 bits per heavy atom. The number of alkyl halides is 2. The van der Waals surface area contributed by atoms with Crippen molar-refractivity contribution in [3.8, 4) is 0 Å². The van der Waals surface area contributed by atoms with Crippen molar-refractivity contribution in [2.75, 3.05) is 0 Å². The zero-order chi connectivity index (χ0) is 7.82. The summed E-state index contributed by atoms with van der Waals surface area (Å²) >= 11 is 0. The number of hydrogen-bond donors (Lipinski definition) is 0. The molecule has 0 aliphatic rings. The summed E-state index contributed by atoms with van der Waals surface area (Å²) in [5.74, 6) is 0. The van der Waals surface area contributed by atoms with Gasteiger partial charge in [-0.3, -0.25) is 0 Å². The van der Waals surface area contributed by atoms with E-state index in [2.05, 4.69) is 0 Å². The summed E-state index contributed by atoms with van der Waals surface area (Å²) in [5, 5.41) is 0. The van der Waals surface area contributed by atoms with Crippen LogP contribution in [0.4, 0.5) is 8.78 Å². The summed E-state index contributed by atoms with van der Waals surface area (Å²) in [6.07, 6.45) is 4.26. The van der Waals surface area contributed by atoms with Crippen LogP contribution in [0.15, 0.2) is 12.2 Å². The molecule has 0 saturated heterocycles. The average Bonchev–Trinajstić information content (AvgIpc) is 1.87. The predicted octanol–water partition coefficient (Wildman–Crippen LogP) is 3.39. The molecule has 0 nitrogen and oxygen atoms in total. The van der Waals surface area contributed by atoms with Gasteiger partial charge in [0.25, 0.3) is 0 Å². The third kappa shape index (κ3) is 7.60. The van der Waals surface area contributed by atoms with E-state index in [1.165, 1.54) is 0 Å². The highest BCUT2D eigenvalue weighted by molar-refractivity contribution is 4.79. The van der Waals surface area contributed by atoms with E-state index in [4.69, 9.17) is 0 Å². The molecule has 0 N–H and O–H groups in total. The second-order valence-electron chi connectivity index (χ2n) is 2.20. The molecule has 0 saturated carbocycles. The Morgan fingerprint density at radius 1 is 1.30 bits per heavy atom. The molecule has 0 aromatic rings. The molecule has 0 spiro atoms. The van der Waals surface area contributed by atoms with Gasteiger partial charge in [-0.05, 0) is 19.3 Å². The maximum Gasteiger partial charge on any atom is 0.238 e. The molecule has 0 aromatic heterocycles. The van der Waals surface area contributed by atoms with Crippen LogP contribution in [0.3, 0.4) is 0 Å². The van der Waals surface area contributed by atoms with Gasteiger partial charge in [-0.15, -0.1) is 0 Å². The molecule has 0 radical (unpaired) electrons. The van der Waals surface area contributed by atoms with Crippen LogP contribution in [-0.2, 0) is 0 Å². The summed E-state index contributed by atoms with van der Waals surface area (Å²) < 4.78 is 23.0. The first-order valence-electron chi connectivity index (χ1n) is 3.70. The fourth-order valence-corrected chi connectivity index (χ4v) is 0.675. The lowest BCUT2D eigenvalue weighted by Crippen LogP contribution is -1.87. The fourth-order valence-electron chi connectivity index (χ4n) is 0.675. The van der Waals surface area contributed by atoms with Gasteiger partial charge in [0.2, 0.25) is 6.43 Å². The monoisotopic (exact) mass is 148 g/mol. The predicted molar refractivity (Wildman–Crippen MR) is 39.3 cm³/mol. The molecule has 10 heavy (non-hydrogen) atoms. The topological polar surface area (TPSA) is 0 Å². The summed E-state index contributed by atoms with van der Waals surface area (Å²) in [5.41, 5.74) is 0. The van der Waals surface area contributed by atoms with Crippen molar-refractivity contribution in [1.82, 2.24) is 0 Å². The van der Waals surface area contributed by atoms with Gasteiger partial charge in [-0.2, -0.15) is 0 Å². The molecule has 0 bridgehead atoms. The fraction of sp³-hybridized carbons (Fsp3) is 0.750. The maximum atomic E-state index is 11.5. The van der Waals surface area contributed by atoms with Gasteiger partial charge in [0.05, 0.1) is 0 Å². The first-order valence-corrected chi connectivity index (χ1v) is 3.70. The van der Waals surface area contributed by atoms with Crippen LogP contribution in [0.25, 0.3) is 0 Å². The molecule has 0 rings (SSSR count). The Balaban J connectivity index is 2.97. The van der Waals surface area contributed by atoms with E-state index in [0.29, 0.717) is 6.42 Å². The van der Waals surface area contributed by atoms with Crippen LogP contribution >= 0.6 is 0 Å². The zero-order valence-corrected chi connectivity index (χ0v) is 6.32. The highest BCUT2D eigenvalue weighted by atomic mass is 19.3. The van der Waals surface area contributed by atoms with Crippen LogP contribution in [0.1, 0.15) is 32.6 Å². The zero-order valence-electron chi connectivity index (χ0n) is 6.32. The van der Waals surface area contributed by atoms with Crippen LogP contribution < -0.4 is 0 Å². The van der Waals surface area contributed by atoms with Crippen LogP contribution in [0.5, 0.6) is 0 Å². The Labute approximate surface area is 60.9 Å². The molecule has 0 aromatic carbocycles. The standard InChI is InChI=1S/C8H14F2/c1-2-3-4-5-6-7-8(9)10/h3-4,8H,2,5-7H2,1H3/b4-3-. The maximum absolute atomic E-state index is 11.5. The minimum Gasteiger partial charge on any atom is -0.211 e. The molecular formula is C8H14F2. The van der Waals surface area contributed by atoms with E-state index < -0.39 is 6.43 Å². The smallest absolute Gasteiger partial charge is 0.211 e. The van der Waals surface area contributed by atoms with E-state index in [1.807, 2.05) is 19.1 Å².